The Morgan fingerprint density at radius 3 is 2.74 bits per heavy atom. The van der Waals surface area contributed by atoms with Crippen LogP contribution in [-0.2, 0) is 38.3 Å². The number of nitrogens with one attached hydrogen (secondary N) is 1. The van der Waals surface area contributed by atoms with Crippen LogP contribution in [0.5, 0.6) is 5.75 Å². The number of benzene rings is 2. The number of ether oxygens (including phenoxy) is 2. The number of rotatable bonds is 2. The van der Waals surface area contributed by atoms with Gasteiger partial charge >= 0.3 is 0 Å². The number of carbonyl (C=O) groups is 2. The summed E-state index contributed by atoms with van der Waals surface area (Å²) in [4.78, 5) is 29.9. The maximum atomic E-state index is 15.1. The molecule has 2 aliphatic carbocycles. The first-order valence-electron chi connectivity index (χ1n) is 17.2. The van der Waals surface area contributed by atoms with Crippen molar-refractivity contribution in [3.63, 3.8) is 0 Å². The van der Waals surface area contributed by atoms with Crippen molar-refractivity contribution in [2.75, 3.05) is 31.2 Å². The number of aromatic nitrogens is 2. The molecule has 1 saturated carbocycles. The van der Waals surface area contributed by atoms with Gasteiger partial charge in [-0.05, 0) is 106 Å². The first kappa shape index (κ1) is 34.7. The molecule has 2 N–H and O–H groups in total. The number of aliphatic hydroxyl groups is 1. The monoisotopic (exact) mass is 721 g/mol. The van der Waals surface area contributed by atoms with E-state index in [1.54, 1.807) is 58.2 Å². The molecular weight excluding hydrogens is 678 g/mol. The number of hydrogen-bond acceptors (Lipinski definition) is 8. The Labute approximate surface area is 298 Å². The van der Waals surface area contributed by atoms with E-state index in [-0.39, 0.29) is 34.3 Å². The topological polar surface area (TPSA) is 135 Å². The third-order valence-corrected chi connectivity index (χ3v) is 12.8. The van der Waals surface area contributed by atoms with Gasteiger partial charge in [0.05, 0.1) is 41.2 Å². The molecule has 0 radical (unpaired) electrons. The van der Waals surface area contributed by atoms with Crippen molar-refractivity contribution in [1.82, 2.24) is 14.5 Å². The second kappa shape index (κ2) is 13.1. The van der Waals surface area contributed by atoms with E-state index in [1.165, 1.54) is 22.0 Å². The predicted molar refractivity (Wildman–Crippen MR) is 191 cm³/mol. The van der Waals surface area contributed by atoms with E-state index in [9.17, 15) is 14.7 Å². The second-order valence-corrected chi connectivity index (χ2v) is 17.0. The van der Waals surface area contributed by atoms with Gasteiger partial charge in [0, 0.05) is 36.8 Å². The average molecular weight is 722 g/mol. The molecule has 7 rings (SSSR count). The minimum atomic E-state index is -3.91. The highest BCUT2D eigenvalue weighted by Crippen LogP contribution is 2.47. The van der Waals surface area contributed by atoms with Crippen LogP contribution in [0.15, 0.2) is 64.0 Å². The van der Waals surface area contributed by atoms with Crippen molar-refractivity contribution in [2.24, 2.45) is 23.2 Å². The minimum absolute atomic E-state index is 0.0410. The maximum Gasteiger partial charge on any atom is 0.287 e. The molecule has 1 aromatic heterocycles. The highest BCUT2D eigenvalue weighted by molar-refractivity contribution is 7.92. The van der Waals surface area contributed by atoms with Gasteiger partial charge in [0.2, 0.25) is 0 Å². The van der Waals surface area contributed by atoms with E-state index in [4.69, 9.17) is 21.1 Å². The van der Waals surface area contributed by atoms with Gasteiger partial charge < -0.3 is 19.5 Å². The molecule has 3 heterocycles. The number of carbonyl (C=O) groups excluding carboxylic acids is 2. The Bertz CT molecular complexity index is 2000. The molecule has 2 amide bonds. The van der Waals surface area contributed by atoms with Crippen LogP contribution < -0.4 is 14.4 Å². The van der Waals surface area contributed by atoms with Crippen molar-refractivity contribution in [1.29, 1.82) is 0 Å². The first-order valence-corrected chi connectivity index (χ1v) is 19.1. The average Bonchev–Trinajstić information content (AvgIpc) is 3.32. The van der Waals surface area contributed by atoms with Crippen LogP contribution in [0.3, 0.4) is 0 Å². The number of hydrogen-bond donors (Lipinski definition) is 2. The zero-order chi connectivity index (χ0) is 35.4. The highest BCUT2D eigenvalue weighted by Gasteiger charge is 2.44. The molecule has 13 heteroatoms. The van der Waals surface area contributed by atoms with Crippen LogP contribution in [0.25, 0.3) is 0 Å². The summed E-state index contributed by atoms with van der Waals surface area (Å²) in [7, 11) is -2.22. The number of aliphatic hydroxyl groups excluding tert-OH is 1. The molecule has 1 fully saturated rings. The minimum Gasteiger partial charge on any atom is -0.490 e. The first-order chi connectivity index (χ1) is 23.8. The molecule has 5 atom stereocenters. The quantitative estimate of drug-likeness (QED) is 0.341. The highest BCUT2D eigenvalue weighted by atomic mass is 35.5. The summed E-state index contributed by atoms with van der Waals surface area (Å²) < 4.78 is 35.9. The Hall–Kier alpha value is -3.71. The van der Waals surface area contributed by atoms with Gasteiger partial charge in [-0.25, -0.2) is 4.21 Å². The van der Waals surface area contributed by atoms with Gasteiger partial charge in [0.25, 0.3) is 11.8 Å². The SMILES string of the molecule is Cc1nn(C)cc1C(=O)NS1(=O)=NC(=O)C(C)(C)OCC=C[C@H](O)[C@@H]2CC[C@H]2CN2C[C@@]3(CCCc4cc(Cl)ccc43)COc3ccc1cc32. The third-order valence-electron chi connectivity index (χ3n) is 10.8. The zero-order valence-electron chi connectivity index (χ0n) is 28.9. The van der Waals surface area contributed by atoms with E-state index in [2.05, 4.69) is 31.2 Å². The molecule has 11 nitrogen and oxygen atoms in total. The Morgan fingerprint density at radius 2 is 2.00 bits per heavy atom. The normalized spacial score (nSPS) is 29.1. The van der Waals surface area contributed by atoms with E-state index >= 15 is 4.21 Å². The van der Waals surface area contributed by atoms with Crippen LogP contribution in [0.1, 0.15) is 66.7 Å². The molecule has 4 aliphatic rings. The summed E-state index contributed by atoms with van der Waals surface area (Å²) in [5.41, 5.74) is 1.97. The van der Waals surface area contributed by atoms with Gasteiger partial charge in [0.15, 0.2) is 9.92 Å². The predicted octanol–water partition coefficient (Wildman–Crippen LogP) is 5.31. The molecule has 50 heavy (non-hydrogen) atoms. The van der Waals surface area contributed by atoms with Gasteiger partial charge in [-0.2, -0.15) is 5.10 Å². The van der Waals surface area contributed by atoms with Crippen molar-refractivity contribution in [2.45, 2.75) is 74.9 Å². The fourth-order valence-electron chi connectivity index (χ4n) is 7.84. The number of nitrogens with zero attached hydrogens (tertiary/aromatic N) is 4. The lowest BCUT2D eigenvalue weighted by Crippen LogP contribution is -2.49. The summed E-state index contributed by atoms with van der Waals surface area (Å²) in [6.45, 7) is 6.49. The summed E-state index contributed by atoms with van der Waals surface area (Å²) in [6.07, 6.45) is 8.98. The molecule has 2 bridgehead atoms. The summed E-state index contributed by atoms with van der Waals surface area (Å²) in [5, 5.41) is 16.2. The van der Waals surface area contributed by atoms with Crippen LogP contribution in [-0.4, -0.2) is 68.9 Å². The molecule has 266 valence electrons. The number of fused-ring (bicyclic) bond motifs is 4. The van der Waals surface area contributed by atoms with Gasteiger partial charge in [-0.15, -0.1) is 4.36 Å². The largest absolute Gasteiger partial charge is 0.490 e. The molecular formula is C37H44ClN5O6S. The number of anilines is 1. The standard InChI is InChI=1S/C37H44ClN5O6S/c1-23-29(20-42(4)39-23)34(45)40-50(47)27-11-14-33-31(18-27)43(21-37(22-48-33)15-5-7-24-17-26(38)10-13-30(24)37)19-25-9-12-28(25)32(44)8-6-16-49-36(2,3)35(46)41-50/h6,8,10-11,13-14,17-18,20,25,28,32,44H,5,7,9,12,15-16,19,21-22H2,1-4H3,(H,40,41,45,46,47)/t25-,28+,32-,37-,50?/m0/s1. The fraction of sp³-hybridized carbons (Fsp3) is 0.486. The van der Waals surface area contributed by atoms with Crippen LogP contribution in [0, 0.1) is 18.8 Å². The Balaban J connectivity index is 1.37. The Kier molecular flexibility index (Phi) is 9.11. The molecule has 0 saturated heterocycles. The second-order valence-electron chi connectivity index (χ2n) is 14.6. The lowest BCUT2D eigenvalue weighted by molar-refractivity contribution is -0.137. The van der Waals surface area contributed by atoms with Gasteiger partial charge in [0.1, 0.15) is 11.4 Å². The van der Waals surface area contributed by atoms with E-state index in [1.807, 2.05) is 6.07 Å². The maximum absolute atomic E-state index is 15.1. The summed E-state index contributed by atoms with van der Waals surface area (Å²) in [6, 6.07) is 11.2. The van der Waals surface area contributed by atoms with Crippen LogP contribution in [0.4, 0.5) is 5.69 Å². The summed E-state index contributed by atoms with van der Waals surface area (Å²) >= 11 is 6.44. The van der Waals surface area contributed by atoms with Crippen molar-refractivity contribution in [3.8, 4) is 5.75 Å². The van der Waals surface area contributed by atoms with Crippen molar-refractivity contribution < 1.29 is 28.4 Å². The molecule has 2 aliphatic heterocycles. The van der Waals surface area contributed by atoms with Gasteiger partial charge in [-0.3, -0.25) is 19.0 Å². The van der Waals surface area contributed by atoms with Crippen molar-refractivity contribution >= 4 is 39.0 Å². The van der Waals surface area contributed by atoms with Crippen LogP contribution in [0.2, 0.25) is 5.02 Å². The molecule has 1 unspecified atom stereocenters. The van der Waals surface area contributed by atoms with E-state index in [0.29, 0.717) is 41.8 Å². The van der Waals surface area contributed by atoms with Crippen LogP contribution >= 0.6 is 11.6 Å². The molecule has 3 aromatic rings. The smallest absolute Gasteiger partial charge is 0.287 e. The third kappa shape index (κ3) is 6.47. The zero-order valence-corrected chi connectivity index (χ0v) is 30.4. The van der Waals surface area contributed by atoms with Gasteiger partial charge in [-0.1, -0.05) is 29.8 Å². The number of aryl methyl sites for hydroxylation is 3. The molecule has 1 spiro atoms. The van der Waals surface area contributed by atoms with E-state index < -0.39 is 33.4 Å². The number of amides is 2. The lowest BCUT2D eigenvalue weighted by atomic mass is 9.68. The molecule has 2 aromatic carbocycles. The van der Waals surface area contributed by atoms with E-state index in [0.717, 1.165) is 32.1 Å². The fourth-order valence-corrected chi connectivity index (χ4v) is 9.64. The lowest BCUT2D eigenvalue weighted by Gasteiger charge is -2.45. The number of halogens is 1. The van der Waals surface area contributed by atoms with Crippen molar-refractivity contribution in [3.05, 3.63) is 82.2 Å². The Morgan fingerprint density at radius 1 is 1.18 bits per heavy atom. The summed E-state index contributed by atoms with van der Waals surface area (Å²) in [5.74, 6) is -0.637.